The number of para-hydroxylation sites is 1. The molecule has 2 saturated heterocycles. The summed E-state index contributed by atoms with van der Waals surface area (Å²) in [7, 11) is 1.48. The highest BCUT2D eigenvalue weighted by Gasteiger charge is 2.26. The third kappa shape index (κ3) is 6.61. The number of benzene rings is 1. The van der Waals surface area contributed by atoms with Crippen molar-refractivity contribution >= 4 is 28.9 Å². The molecule has 4 heterocycles. The second-order valence-corrected chi connectivity index (χ2v) is 10.7. The lowest BCUT2D eigenvalue weighted by Gasteiger charge is -2.31. The van der Waals surface area contributed by atoms with Crippen LogP contribution < -0.4 is 15.0 Å². The van der Waals surface area contributed by atoms with Crippen LogP contribution in [0.25, 0.3) is 16.9 Å². The molecule has 2 aliphatic rings. The molecule has 1 N–H and O–H groups in total. The fourth-order valence-electron chi connectivity index (χ4n) is 5.10. The van der Waals surface area contributed by atoms with Gasteiger partial charge in [-0.05, 0) is 36.8 Å². The average Bonchev–Trinajstić information content (AvgIpc) is 3.40. The molecule has 1 aromatic carbocycles. The zero-order valence-corrected chi connectivity index (χ0v) is 23.7. The summed E-state index contributed by atoms with van der Waals surface area (Å²) in [5.74, 6) is 1.82. The lowest BCUT2D eigenvalue weighted by atomic mass is 9.97. The SMILES string of the molecule is COc1cccc2c1nc(C(F)F)n2-c1cc(N2CCOCC2)nc(NCC2CCN(C(=O)OCC(C)C)CC2)n1. The van der Waals surface area contributed by atoms with Gasteiger partial charge in [0.05, 0.1) is 32.4 Å². The van der Waals surface area contributed by atoms with Crippen LogP contribution in [0.1, 0.15) is 38.9 Å². The fraction of sp³-hybridized carbons (Fsp3) is 0.571. The van der Waals surface area contributed by atoms with Gasteiger partial charge in [-0.3, -0.25) is 4.57 Å². The summed E-state index contributed by atoms with van der Waals surface area (Å²) in [6.07, 6.45) is -1.49. The zero-order valence-electron chi connectivity index (χ0n) is 23.7. The van der Waals surface area contributed by atoms with E-state index in [4.69, 9.17) is 19.2 Å². The van der Waals surface area contributed by atoms with E-state index in [-0.39, 0.29) is 17.8 Å². The topological polar surface area (TPSA) is 107 Å². The molecule has 0 saturated carbocycles. The molecule has 0 unspecified atom stereocenters. The first-order valence-electron chi connectivity index (χ1n) is 14.0. The number of amides is 1. The van der Waals surface area contributed by atoms with Crippen molar-refractivity contribution in [2.24, 2.45) is 11.8 Å². The van der Waals surface area contributed by atoms with Crippen LogP contribution in [-0.2, 0) is 9.47 Å². The molecule has 13 heteroatoms. The number of rotatable bonds is 9. The van der Waals surface area contributed by atoms with Gasteiger partial charge in [0.1, 0.15) is 22.9 Å². The minimum Gasteiger partial charge on any atom is -0.494 e. The van der Waals surface area contributed by atoms with Gasteiger partial charge in [0, 0.05) is 38.8 Å². The summed E-state index contributed by atoms with van der Waals surface area (Å²) >= 11 is 0. The number of hydrogen-bond donors (Lipinski definition) is 1. The molecular weight excluding hydrogens is 536 g/mol. The molecule has 41 heavy (non-hydrogen) atoms. The van der Waals surface area contributed by atoms with E-state index in [1.165, 1.54) is 11.7 Å². The summed E-state index contributed by atoms with van der Waals surface area (Å²) < 4.78 is 46.2. The van der Waals surface area contributed by atoms with Gasteiger partial charge in [-0.2, -0.15) is 9.97 Å². The normalized spacial score (nSPS) is 16.6. The Hall–Kier alpha value is -3.74. The molecule has 3 aromatic rings. The highest BCUT2D eigenvalue weighted by Crippen LogP contribution is 2.33. The smallest absolute Gasteiger partial charge is 0.409 e. The summed E-state index contributed by atoms with van der Waals surface area (Å²) in [6.45, 7) is 8.59. The van der Waals surface area contributed by atoms with Crippen molar-refractivity contribution in [1.29, 1.82) is 0 Å². The number of nitrogens with one attached hydrogen (secondary N) is 1. The molecule has 0 atom stereocenters. The Bertz CT molecular complexity index is 1340. The van der Waals surface area contributed by atoms with E-state index in [1.807, 2.05) is 13.8 Å². The van der Waals surface area contributed by atoms with Crippen molar-refractivity contribution in [3.05, 3.63) is 30.1 Å². The van der Waals surface area contributed by atoms with E-state index < -0.39 is 12.2 Å². The molecule has 2 aliphatic heterocycles. The number of piperidine rings is 1. The number of halogens is 2. The number of carbonyl (C=O) groups excluding carboxylic acids is 1. The van der Waals surface area contributed by atoms with Crippen LogP contribution >= 0.6 is 0 Å². The lowest BCUT2D eigenvalue weighted by molar-refractivity contribution is 0.0799. The summed E-state index contributed by atoms with van der Waals surface area (Å²) in [4.78, 5) is 29.8. The van der Waals surface area contributed by atoms with Crippen molar-refractivity contribution in [2.75, 3.05) is 69.9 Å². The van der Waals surface area contributed by atoms with Crippen LogP contribution in [0.4, 0.5) is 25.3 Å². The number of nitrogens with zero attached hydrogens (tertiary/aromatic N) is 6. The number of likely N-dealkylation sites (tertiary alicyclic amines) is 1. The van der Waals surface area contributed by atoms with Crippen molar-refractivity contribution < 1.29 is 27.8 Å². The molecule has 0 aliphatic carbocycles. The number of methoxy groups -OCH3 is 1. The first-order chi connectivity index (χ1) is 19.8. The molecule has 5 rings (SSSR count). The lowest BCUT2D eigenvalue weighted by Crippen LogP contribution is -2.40. The van der Waals surface area contributed by atoms with E-state index in [2.05, 4.69) is 20.2 Å². The Morgan fingerprint density at radius 2 is 1.83 bits per heavy atom. The van der Waals surface area contributed by atoms with Crippen LogP contribution in [0.3, 0.4) is 0 Å². The number of imidazole rings is 1. The van der Waals surface area contributed by atoms with E-state index in [0.717, 1.165) is 12.8 Å². The van der Waals surface area contributed by atoms with E-state index in [9.17, 15) is 13.6 Å². The molecule has 2 fully saturated rings. The number of carbonyl (C=O) groups is 1. The molecule has 11 nitrogen and oxygen atoms in total. The zero-order chi connectivity index (χ0) is 28.9. The van der Waals surface area contributed by atoms with Crippen LogP contribution in [0, 0.1) is 11.8 Å². The number of morpholine rings is 1. The van der Waals surface area contributed by atoms with Gasteiger partial charge in [-0.1, -0.05) is 19.9 Å². The molecule has 0 bridgehead atoms. The maximum absolute atomic E-state index is 14.3. The van der Waals surface area contributed by atoms with Gasteiger partial charge < -0.3 is 29.3 Å². The first-order valence-corrected chi connectivity index (χ1v) is 14.0. The van der Waals surface area contributed by atoms with E-state index in [1.54, 1.807) is 29.2 Å². The van der Waals surface area contributed by atoms with Crippen molar-refractivity contribution in [3.8, 4) is 11.6 Å². The average molecular weight is 574 g/mol. The molecule has 2 aromatic heterocycles. The standard InChI is InChI=1S/C28H37F2N7O4/c1-18(2)17-41-28(38)36-9-7-19(8-10-36)16-31-27-32-22(35-11-13-40-14-12-35)15-23(33-27)37-20-5-4-6-21(39-3)24(20)34-26(37)25(29)30/h4-6,15,18-19,25H,7-14,16-17H2,1-3H3,(H,31,32,33). The van der Waals surface area contributed by atoms with Gasteiger partial charge in [0.15, 0.2) is 5.82 Å². The molecule has 0 spiro atoms. The van der Waals surface area contributed by atoms with Crippen LogP contribution in [0.15, 0.2) is 24.3 Å². The quantitative estimate of drug-likeness (QED) is 0.396. The first kappa shape index (κ1) is 28.8. The Morgan fingerprint density at radius 1 is 1.10 bits per heavy atom. The highest BCUT2D eigenvalue weighted by molar-refractivity contribution is 5.84. The minimum atomic E-state index is -2.83. The second kappa shape index (κ2) is 12.8. The third-order valence-corrected chi connectivity index (χ3v) is 7.31. The van der Waals surface area contributed by atoms with Gasteiger partial charge >= 0.3 is 6.09 Å². The Kier molecular flexibility index (Phi) is 9.01. The predicted molar refractivity (Wildman–Crippen MR) is 150 cm³/mol. The number of ether oxygens (including phenoxy) is 3. The number of fused-ring (bicyclic) bond motifs is 1. The Balaban J connectivity index is 1.39. The maximum atomic E-state index is 14.3. The third-order valence-electron chi connectivity index (χ3n) is 7.31. The fourth-order valence-corrected chi connectivity index (χ4v) is 5.10. The van der Waals surface area contributed by atoms with E-state index >= 15 is 0 Å². The Labute approximate surface area is 237 Å². The van der Waals surface area contributed by atoms with Gasteiger partial charge in [-0.15, -0.1) is 0 Å². The van der Waals surface area contributed by atoms with E-state index in [0.29, 0.717) is 87.0 Å². The predicted octanol–water partition coefficient (Wildman–Crippen LogP) is 4.51. The molecule has 1 amide bonds. The van der Waals surface area contributed by atoms with Crippen molar-refractivity contribution in [3.63, 3.8) is 0 Å². The van der Waals surface area contributed by atoms with Crippen molar-refractivity contribution in [2.45, 2.75) is 33.1 Å². The van der Waals surface area contributed by atoms with Crippen LogP contribution in [-0.4, -0.2) is 90.2 Å². The van der Waals surface area contributed by atoms with Gasteiger partial charge in [0.25, 0.3) is 6.43 Å². The molecule has 222 valence electrons. The minimum absolute atomic E-state index is 0.268. The number of hydrogen-bond acceptors (Lipinski definition) is 9. The maximum Gasteiger partial charge on any atom is 0.409 e. The summed E-state index contributed by atoms with van der Waals surface area (Å²) in [5, 5.41) is 3.34. The molecule has 0 radical (unpaired) electrons. The van der Waals surface area contributed by atoms with Crippen LogP contribution in [0.2, 0.25) is 0 Å². The second-order valence-electron chi connectivity index (χ2n) is 10.7. The highest BCUT2D eigenvalue weighted by atomic mass is 19.3. The summed E-state index contributed by atoms with van der Waals surface area (Å²) in [6, 6.07) is 6.86. The van der Waals surface area contributed by atoms with Crippen LogP contribution in [0.5, 0.6) is 5.75 Å². The monoisotopic (exact) mass is 573 g/mol. The number of anilines is 2. The largest absolute Gasteiger partial charge is 0.494 e. The van der Waals surface area contributed by atoms with Gasteiger partial charge in [-0.25, -0.2) is 18.6 Å². The summed E-state index contributed by atoms with van der Waals surface area (Å²) in [5.41, 5.74) is 0.805. The van der Waals surface area contributed by atoms with Crippen molar-refractivity contribution in [1.82, 2.24) is 24.4 Å². The Morgan fingerprint density at radius 3 is 2.51 bits per heavy atom. The number of alkyl halides is 2. The number of aromatic nitrogens is 4. The molecular formula is C28H37F2N7O4. The van der Waals surface area contributed by atoms with Gasteiger partial charge in [0.2, 0.25) is 5.95 Å².